The molecule has 4 rings (SSSR count). The number of phenols is 1. The first kappa shape index (κ1) is 19.6. The van der Waals surface area contributed by atoms with E-state index < -0.39 is 17.5 Å². The number of fused-ring (bicyclic) bond motifs is 1. The van der Waals surface area contributed by atoms with Gasteiger partial charge in [-0.15, -0.1) is 0 Å². The molecule has 1 aliphatic carbocycles. The van der Waals surface area contributed by atoms with Crippen molar-refractivity contribution in [1.82, 2.24) is 4.57 Å². The van der Waals surface area contributed by atoms with E-state index >= 15 is 0 Å². The number of carbonyl (C=O) groups is 2. The molecule has 5 nitrogen and oxygen atoms in total. The molecule has 1 heterocycles. The fourth-order valence-corrected chi connectivity index (χ4v) is 3.82. The van der Waals surface area contributed by atoms with Gasteiger partial charge in [0.05, 0.1) is 11.9 Å². The summed E-state index contributed by atoms with van der Waals surface area (Å²) in [5.74, 6) is -2.09. The number of ether oxygens (including phenoxy) is 1. The maximum absolute atomic E-state index is 14.1. The molecule has 0 aliphatic heterocycles. The molecule has 150 valence electrons. The number of hydrogen-bond acceptors (Lipinski definition) is 4. The molecule has 1 saturated carbocycles. The topological polar surface area (TPSA) is 68.5 Å². The van der Waals surface area contributed by atoms with Gasteiger partial charge >= 0.3 is 5.97 Å². The predicted molar refractivity (Wildman–Crippen MR) is 110 cm³/mol. The van der Waals surface area contributed by atoms with Gasteiger partial charge in [-0.3, -0.25) is 14.2 Å². The Morgan fingerprint density at radius 1 is 1.24 bits per heavy atom. The van der Waals surface area contributed by atoms with Crippen molar-refractivity contribution in [3.8, 4) is 5.75 Å². The lowest BCUT2D eigenvalue weighted by Crippen LogP contribution is -2.26. The monoisotopic (exact) mass is 459 g/mol. The molecule has 3 aromatic rings. The van der Waals surface area contributed by atoms with Crippen molar-refractivity contribution < 1.29 is 23.8 Å². The number of rotatable bonds is 4. The predicted octanol–water partition coefficient (Wildman–Crippen LogP) is 4.88. The van der Waals surface area contributed by atoms with Crippen molar-refractivity contribution in [2.75, 3.05) is 0 Å². The Morgan fingerprint density at radius 3 is 2.55 bits per heavy atom. The first-order chi connectivity index (χ1) is 13.8. The lowest BCUT2D eigenvalue weighted by Gasteiger charge is -2.25. The van der Waals surface area contributed by atoms with Crippen LogP contribution in [0.25, 0.3) is 10.9 Å². The quantitative estimate of drug-likeness (QED) is 0.564. The molecule has 0 bridgehead atoms. The third kappa shape index (κ3) is 3.67. The van der Waals surface area contributed by atoms with Gasteiger partial charge < -0.3 is 9.84 Å². The fraction of sp³-hybridized carbons (Fsp3) is 0.273. The van der Waals surface area contributed by atoms with E-state index in [1.807, 2.05) is 0 Å². The molecule has 0 unspecified atom stereocenters. The van der Waals surface area contributed by atoms with Crippen molar-refractivity contribution in [3.63, 3.8) is 0 Å². The first-order valence-corrected chi connectivity index (χ1v) is 10.2. The molecule has 0 spiro atoms. The number of aromatic hydroxyl groups is 1. The van der Waals surface area contributed by atoms with Gasteiger partial charge in [-0.1, -0.05) is 15.9 Å². The van der Waals surface area contributed by atoms with Gasteiger partial charge in [0.1, 0.15) is 6.10 Å². The molecule has 0 amide bonds. The third-order valence-corrected chi connectivity index (χ3v) is 5.90. The lowest BCUT2D eigenvalue weighted by molar-refractivity contribution is -0.152. The number of benzene rings is 2. The minimum atomic E-state index is -0.830. The summed E-state index contributed by atoms with van der Waals surface area (Å²) in [7, 11) is 0. The highest BCUT2D eigenvalue weighted by molar-refractivity contribution is 9.10. The number of aromatic nitrogens is 1. The van der Waals surface area contributed by atoms with Gasteiger partial charge in [0, 0.05) is 27.2 Å². The number of phenolic OH excluding ortho intramolecular Hbond substituents is 1. The van der Waals surface area contributed by atoms with Crippen LogP contribution in [0.2, 0.25) is 0 Å². The van der Waals surface area contributed by atoms with Crippen LogP contribution in [0.15, 0.2) is 40.9 Å². The zero-order valence-electron chi connectivity index (χ0n) is 15.7. The molecular weight excluding hydrogens is 441 g/mol. The van der Waals surface area contributed by atoms with Gasteiger partial charge in [0.2, 0.25) is 0 Å². The zero-order valence-corrected chi connectivity index (χ0v) is 17.3. The van der Waals surface area contributed by atoms with Crippen LogP contribution in [0.4, 0.5) is 4.39 Å². The van der Waals surface area contributed by atoms with E-state index in [1.54, 1.807) is 31.2 Å². The normalized spacial score (nSPS) is 14.0. The highest BCUT2D eigenvalue weighted by Gasteiger charge is 2.26. The number of esters is 1. The Labute approximate surface area is 175 Å². The molecule has 29 heavy (non-hydrogen) atoms. The molecule has 0 atom stereocenters. The van der Waals surface area contributed by atoms with Gasteiger partial charge in [-0.2, -0.15) is 0 Å². The number of hydrogen-bond donors (Lipinski definition) is 1. The second-order valence-electron chi connectivity index (χ2n) is 7.25. The fourth-order valence-electron chi connectivity index (χ4n) is 3.56. The molecule has 7 heteroatoms. The Kier molecular flexibility index (Phi) is 5.17. The summed E-state index contributed by atoms with van der Waals surface area (Å²) >= 11 is 3.34. The summed E-state index contributed by atoms with van der Waals surface area (Å²) in [6.07, 6.45) is 2.67. The van der Waals surface area contributed by atoms with Gasteiger partial charge in [0.25, 0.3) is 5.91 Å². The Hall–Kier alpha value is -2.67. The second kappa shape index (κ2) is 7.63. The Balaban J connectivity index is 1.80. The minimum absolute atomic E-state index is 0.0496. The van der Waals surface area contributed by atoms with Crippen molar-refractivity contribution in [2.45, 2.75) is 38.7 Å². The summed E-state index contributed by atoms with van der Waals surface area (Å²) < 4.78 is 21.8. The van der Waals surface area contributed by atoms with Gasteiger partial charge in [-0.05, 0) is 62.1 Å². The lowest BCUT2D eigenvalue weighted by atomic mass is 9.96. The number of carbonyl (C=O) groups excluding carboxylic acids is 2. The smallest absolute Gasteiger partial charge is 0.310 e. The summed E-state index contributed by atoms with van der Waals surface area (Å²) in [6, 6.07) is 9.21. The van der Waals surface area contributed by atoms with E-state index in [0.29, 0.717) is 27.7 Å². The van der Waals surface area contributed by atoms with Crippen molar-refractivity contribution in [1.29, 1.82) is 0 Å². The van der Waals surface area contributed by atoms with Crippen LogP contribution in [0, 0.1) is 12.7 Å². The van der Waals surface area contributed by atoms with Crippen LogP contribution in [0.3, 0.4) is 0 Å². The van der Waals surface area contributed by atoms with Crippen LogP contribution in [-0.2, 0) is 16.0 Å². The maximum Gasteiger partial charge on any atom is 0.310 e. The largest absolute Gasteiger partial charge is 0.505 e. The molecule has 1 aliphatic rings. The summed E-state index contributed by atoms with van der Waals surface area (Å²) in [4.78, 5) is 25.6. The standard InChI is InChI=1S/C22H19BrFNO4/c1-12-16(10-21(27)29-15-3-2-4-15)17-9-20(26)18(24)11-19(17)25(12)22(28)13-5-7-14(23)8-6-13/h5-9,11,15,26H,2-4,10H2,1H3. The van der Waals surface area contributed by atoms with Crippen LogP contribution in [0.1, 0.15) is 40.9 Å². The molecule has 1 aromatic heterocycles. The molecule has 2 aromatic carbocycles. The average molecular weight is 460 g/mol. The second-order valence-corrected chi connectivity index (χ2v) is 8.17. The Morgan fingerprint density at radius 2 is 1.93 bits per heavy atom. The maximum atomic E-state index is 14.1. The van der Waals surface area contributed by atoms with Crippen molar-refractivity contribution in [3.05, 3.63) is 63.5 Å². The van der Waals surface area contributed by atoms with Crippen molar-refractivity contribution in [2.24, 2.45) is 0 Å². The van der Waals surface area contributed by atoms with Gasteiger partial charge in [-0.25, -0.2) is 4.39 Å². The highest BCUT2D eigenvalue weighted by atomic mass is 79.9. The first-order valence-electron chi connectivity index (χ1n) is 9.37. The van der Waals surface area contributed by atoms with Crippen molar-refractivity contribution >= 4 is 38.7 Å². The minimum Gasteiger partial charge on any atom is -0.505 e. The molecule has 1 N–H and O–H groups in total. The molecule has 0 saturated heterocycles. The van der Waals surface area contributed by atoms with Crippen LogP contribution in [-0.4, -0.2) is 27.7 Å². The van der Waals surface area contributed by atoms with E-state index in [-0.39, 0.29) is 18.4 Å². The van der Waals surface area contributed by atoms with Gasteiger partial charge in [0.15, 0.2) is 11.6 Å². The summed E-state index contributed by atoms with van der Waals surface area (Å²) in [5.41, 5.74) is 1.79. The summed E-state index contributed by atoms with van der Waals surface area (Å²) in [6.45, 7) is 1.71. The highest BCUT2D eigenvalue weighted by Crippen LogP contribution is 2.33. The van der Waals surface area contributed by atoms with Crippen LogP contribution in [0.5, 0.6) is 5.75 Å². The average Bonchev–Trinajstić information content (AvgIpc) is 2.90. The zero-order chi connectivity index (χ0) is 20.7. The molecule has 0 radical (unpaired) electrons. The van der Waals surface area contributed by atoms with E-state index in [9.17, 15) is 19.1 Å². The molecule has 1 fully saturated rings. The third-order valence-electron chi connectivity index (χ3n) is 5.37. The van der Waals surface area contributed by atoms with E-state index in [0.717, 1.165) is 29.8 Å². The van der Waals surface area contributed by atoms with E-state index in [2.05, 4.69) is 15.9 Å². The van der Waals surface area contributed by atoms with Crippen LogP contribution < -0.4 is 0 Å². The van der Waals surface area contributed by atoms with E-state index in [4.69, 9.17) is 4.74 Å². The van der Waals surface area contributed by atoms with E-state index in [1.165, 1.54) is 10.6 Å². The SMILES string of the molecule is Cc1c(CC(=O)OC2CCC2)c2cc(O)c(F)cc2n1C(=O)c1ccc(Br)cc1. The molecular formula is C22H19BrFNO4. The van der Waals surface area contributed by atoms with Crippen LogP contribution >= 0.6 is 15.9 Å². The number of halogens is 2. The summed E-state index contributed by atoms with van der Waals surface area (Å²) in [5, 5.41) is 10.3. The number of nitrogens with zero attached hydrogens (tertiary/aromatic N) is 1. The Bertz CT molecular complexity index is 1120.